The Morgan fingerprint density at radius 1 is 1.19 bits per heavy atom. The maximum absolute atomic E-state index is 11.7. The van der Waals surface area contributed by atoms with Gasteiger partial charge in [0.2, 0.25) is 5.89 Å². The SMILES string of the molecule is O=c1oc(-c2ccns2)nc2ccccc12. The van der Waals surface area contributed by atoms with Crippen LogP contribution in [0, 0.1) is 0 Å². The number of benzene rings is 1. The average Bonchev–Trinajstić information content (AvgIpc) is 2.82. The van der Waals surface area contributed by atoms with Gasteiger partial charge >= 0.3 is 5.63 Å². The summed E-state index contributed by atoms with van der Waals surface area (Å²) in [4.78, 5) is 16.7. The van der Waals surface area contributed by atoms with Gasteiger partial charge in [0, 0.05) is 6.20 Å². The Bertz CT molecular complexity index is 689. The van der Waals surface area contributed by atoms with Crippen LogP contribution in [0.25, 0.3) is 21.7 Å². The van der Waals surface area contributed by atoms with Crippen molar-refractivity contribution in [3.8, 4) is 10.8 Å². The first kappa shape index (κ1) is 9.23. The van der Waals surface area contributed by atoms with E-state index in [1.165, 1.54) is 11.5 Å². The summed E-state index contributed by atoms with van der Waals surface area (Å²) >= 11 is 1.25. The third-order valence-electron chi connectivity index (χ3n) is 2.18. The highest BCUT2D eigenvalue weighted by Crippen LogP contribution is 2.20. The summed E-state index contributed by atoms with van der Waals surface area (Å²) in [6.07, 6.45) is 1.65. The number of fused-ring (bicyclic) bond motifs is 1. The topological polar surface area (TPSA) is 56.0 Å². The summed E-state index contributed by atoms with van der Waals surface area (Å²) in [6.45, 7) is 0. The van der Waals surface area contributed by atoms with E-state index in [2.05, 4.69) is 9.36 Å². The first-order valence-corrected chi connectivity index (χ1v) is 5.43. The number of aromatic nitrogens is 2. The molecule has 0 bridgehead atoms. The van der Waals surface area contributed by atoms with Crippen LogP contribution >= 0.6 is 11.5 Å². The molecule has 78 valence electrons. The highest BCUT2D eigenvalue weighted by atomic mass is 32.1. The van der Waals surface area contributed by atoms with Crippen LogP contribution in [0.1, 0.15) is 0 Å². The summed E-state index contributed by atoms with van der Waals surface area (Å²) in [7, 11) is 0. The Balaban J connectivity index is 2.34. The molecular weight excluding hydrogens is 224 g/mol. The summed E-state index contributed by atoms with van der Waals surface area (Å²) in [5, 5.41) is 0.496. The van der Waals surface area contributed by atoms with E-state index < -0.39 is 0 Å². The molecule has 0 unspecified atom stereocenters. The Morgan fingerprint density at radius 3 is 2.88 bits per heavy atom. The molecule has 0 aliphatic rings. The fourth-order valence-corrected chi connectivity index (χ4v) is 1.97. The molecule has 0 aliphatic heterocycles. The fraction of sp³-hybridized carbons (Fsp3) is 0. The molecular formula is C11H6N2O2S. The summed E-state index contributed by atoms with van der Waals surface area (Å²) in [6, 6.07) is 8.88. The second-order valence-corrected chi connectivity index (χ2v) is 4.03. The molecule has 0 saturated heterocycles. The minimum atomic E-state index is -0.367. The monoisotopic (exact) mass is 230 g/mol. The normalized spacial score (nSPS) is 10.8. The molecule has 0 radical (unpaired) electrons. The van der Waals surface area contributed by atoms with Gasteiger partial charge in [-0.15, -0.1) is 0 Å². The van der Waals surface area contributed by atoms with Crippen molar-refractivity contribution in [2.75, 3.05) is 0 Å². The molecule has 1 aromatic carbocycles. The van der Waals surface area contributed by atoms with E-state index in [1.807, 2.05) is 6.07 Å². The summed E-state index contributed by atoms with van der Waals surface area (Å²) < 4.78 is 9.09. The molecule has 2 heterocycles. The van der Waals surface area contributed by atoms with Gasteiger partial charge in [0.25, 0.3) is 0 Å². The fourth-order valence-electron chi connectivity index (χ4n) is 1.45. The maximum atomic E-state index is 11.7. The third-order valence-corrected chi connectivity index (χ3v) is 2.92. The van der Waals surface area contributed by atoms with Crippen LogP contribution in [-0.4, -0.2) is 9.36 Å². The predicted octanol–water partition coefficient (Wildman–Crippen LogP) is 2.31. The average molecular weight is 230 g/mol. The largest absolute Gasteiger partial charge is 0.402 e. The Labute approximate surface area is 94.4 Å². The van der Waals surface area contributed by atoms with Crippen molar-refractivity contribution in [1.29, 1.82) is 0 Å². The van der Waals surface area contributed by atoms with Gasteiger partial charge < -0.3 is 4.42 Å². The van der Waals surface area contributed by atoms with Gasteiger partial charge in [0.05, 0.1) is 10.9 Å². The molecule has 0 amide bonds. The van der Waals surface area contributed by atoms with Crippen LogP contribution in [0.2, 0.25) is 0 Å². The van der Waals surface area contributed by atoms with Crippen LogP contribution in [0.15, 0.2) is 45.7 Å². The zero-order chi connectivity index (χ0) is 11.0. The van der Waals surface area contributed by atoms with Gasteiger partial charge in [-0.25, -0.2) is 14.2 Å². The number of nitrogens with zero attached hydrogens (tertiary/aromatic N) is 2. The van der Waals surface area contributed by atoms with Gasteiger partial charge in [-0.3, -0.25) is 0 Å². The molecule has 0 atom stereocenters. The smallest absolute Gasteiger partial charge is 0.347 e. The van der Waals surface area contributed by atoms with Crippen LogP contribution < -0.4 is 5.63 Å². The van der Waals surface area contributed by atoms with Gasteiger partial charge in [-0.05, 0) is 29.7 Å². The highest BCUT2D eigenvalue weighted by molar-refractivity contribution is 7.09. The zero-order valence-electron chi connectivity index (χ0n) is 8.08. The lowest BCUT2D eigenvalue weighted by molar-refractivity contribution is 0.520. The summed E-state index contributed by atoms with van der Waals surface area (Å²) in [5.41, 5.74) is 0.274. The molecule has 0 spiro atoms. The third kappa shape index (κ3) is 1.42. The van der Waals surface area contributed by atoms with Crippen molar-refractivity contribution in [1.82, 2.24) is 9.36 Å². The van der Waals surface area contributed by atoms with Crippen LogP contribution in [0.4, 0.5) is 0 Å². The van der Waals surface area contributed by atoms with Crippen LogP contribution in [0.5, 0.6) is 0 Å². The van der Waals surface area contributed by atoms with Crippen molar-refractivity contribution in [3.63, 3.8) is 0 Å². The van der Waals surface area contributed by atoms with Crippen molar-refractivity contribution < 1.29 is 4.42 Å². The van der Waals surface area contributed by atoms with Gasteiger partial charge in [-0.1, -0.05) is 12.1 Å². The first-order valence-electron chi connectivity index (χ1n) is 4.65. The minimum absolute atomic E-state index is 0.325. The van der Waals surface area contributed by atoms with E-state index in [0.29, 0.717) is 16.8 Å². The van der Waals surface area contributed by atoms with E-state index in [1.54, 1.807) is 30.5 Å². The molecule has 5 heteroatoms. The molecule has 2 aromatic heterocycles. The van der Waals surface area contributed by atoms with Crippen LogP contribution in [0.3, 0.4) is 0 Å². The van der Waals surface area contributed by atoms with Gasteiger partial charge in [0.15, 0.2) is 0 Å². The minimum Gasteiger partial charge on any atom is -0.402 e. The second kappa shape index (κ2) is 3.53. The number of para-hydroxylation sites is 1. The standard InChI is InChI=1S/C11H6N2O2S/c14-11-7-3-1-2-4-8(7)13-10(15-11)9-5-6-12-16-9/h1-6H. The predicted molar refractivity (Wildman–Crippen MR) is 61.4 cm³/mol. The summed E-state index contributed by atoms with van der Waals surface area (Å²) in [5.74, 6) is 0.325. The van der Waals surface area contributed by atoms with E-state index in [-0.39, 0.29) is 5.63 Å². The Hall–Kier alpha value is -2.01. The first-order chi connectivity index (χ1) is 7.84. The van der Waals surface area contributed by atoms with Gasteiger partial charge in [0.1, 0.15) is 4.88 Å². The van der Waals surface area contributed by atoms with E-state index in [0.717, 1.165) is 4.88 Å². The highest BCUT2D eigenvalue weighted by Gasteiger charge is 2.08. The van der Waals surface area contributed by atoms with Crippen molar-refractivity contribution in [2.45, 2.75) is 0 Å². The number of rotatable bonds is 1. The molecule has 0 aliphatic carbocycles. The number of hydrogen-bond donors (Lipinski definition) is 0. The van der Waals surface area contributed by atoms with E-state index in [4.69, 9.17) is 4.42 Å². The second-order valence-electron chi connectivity index (χ2n) is 3.20. The lowest BCUT2D eigenvalue weighted by Crippen LogP contribution is -2.01. The van der Waals surface area contributed by atoms with Crippen molar-refractivity contribution >= 4 is 22.4 Å². The van der Waals surface area contributed by atoms with Gasteiger partial charge in [-0.2, -0.15) is 0 Å². The lowest BCUT2D eigenvalue weighted by Gasteiger charge is -1.97. The molecule has 0 N–H and O–H groups in total. The molecule has 16 heavy (non-hydrogen) atoms. The number of hydrogen-bond acceptors (Lipinski definition) is 5. The van der Waals surface area contributed by atoms with Crippen molar-refractivity contribution in [3.05, 3.63) is 46.9 Å². The molecule has 3 rings (SSSR count). The Morgan fingerprint density at radius 2 is 2.06 bits per heavy atom. The van der Waals surface area contributed by atoms with Crippen LogP contribution in [-0.2, 0) is 0 Å². The molecule has 0 saturated carbocycles. The van der Waals surface area contributed by atoms with Crippen molar-refractivity contribution in [2.24, 2.45) is 0 Å². The molecule has 3 aromatic rings. The zero-order valence-corrected chi connectivity index (χ0v) is 8.90. The molecule has 4 nitrogen and oxygen atoms in total. The van der Waals surface area contributed by atoms with E-state index >= 15 is 0 Å². The quantitative estimate of drug-likeness (QED) is 0.643. The Kier molecular flexibility index (Phi) is 2.04. The molecule has 0 fully saturated rings. The maximum Gasteiger partial charge on any atom is 0.347 e. The van der Waals surface area contributed by atoms with E-state index in [9.17, 15) is 4.79 Å². The lowest BCUT2D eigenvalue weighted by atomic mass is 10.2.